The smallest absolute Gasteiger partial charge is 0.119 e. The molecule has 86 valence electrons. The average molecular weight is 216 g/mol. The van der Waals surface area contributed by atoms with Crippen molar-refractivity contribution in [2.75, 3.05) is 7.11 Å². The van der Waals surface area contributed by atoms with Gasteiger partial charge in [0.05, 0.1) is 7.11 Å². The Morgan fingerprint density at radius 1 is 1.06 bits per heavy atom. The van der Waals surface area contributed by atoms with Gasteiger partial charge in [0.1, 0.15) is 5.75 Å². The second kappa shape index (κ2) is 3.80. The highest BCUT2D eigenvalue weighted by atomic mass is 16.5. The Morgan fingerprint density at radius 2 is 1.81 bits per heavy atom. The lowest BCUT2D eigenvalue weighted by Crippen LogP contribution is -2.27. The first kappa shape index (κ1) is 10.2. The number of fused-ring (bicyclic) bond motifs is 2. The van der Waals surface area contributed by atoms with Crippen LogP contribution < -0.4 is 4.74 Å². The molecule has 0 N–H and O–H groups in total. The largest absolute Gasteiger partial charge is 0.497 e. The van der Waals surface area contributed by atoms with E-state index in [1.54, 1.807) is 18.2 Å². The van der Waals surface area contributed by atoms with Gasteiger partial charge in [-0.15, -0.1) is 0 Å². The molecule has 2 aliphatic rings. The highest BCUT2D eigenvalue weighted by Crippen LogP contribution is 2.49. The lowest BCUT2D eigenvalue weighted by molar-refractivity contribution is 0.366. The molecule has 1 fully saturated rings. The average Bonchev–Trinajstić information content (AvgIpc) is 2.78. The van der Waals surface area contributed by atoms with Crippen molar-refractivity contribution in [2.24, 2.45) is 0 Å². The van der Waals surface area contributed by atoms with Crippen LogP contribution in [0, 0.1) is 0 Å². The van der Waals surface area contributed by atoms with Crippen LogP contribution in [0.2, 0.25) is 0 Å². The number of ether oxygens (including phenoxy) is 1. The summed E-state index contributed by atoms with van der Waals surface area (Å²) in [5.74, 6) is 1.02. The summed E-state index contributed by atoms with van der Waals surface area (Å²) in [7, 11) is 1.76. The second-order valence-electron chi connectivity index (χ2n) is 5.36. The maximum Gasteiger partial charge on any atom is 0.119 e. The van der Waals surface area contributed by atoms with Gasteiger partial charge in [-0.25, -0.2) is 0 Å². The summed E-state index contributed by atoms with van der Waals surface area (Å²) in [5, 5.41) is 0. The molecule has 0 radical (unpaired) electrons. The number of benzene rings is 1. The molecular weight excluding hydrogens is 196 g/mol. The molecule has 2 aliphatic carbocycles. The predicted molar refractivity (Wildman–Crippen MR) is 66.1 cm³/mol. The first-order chi connectivity index (χ1) is 7.84. The molecule has 0 saturated heterocycles. The monoisotopic (exact) mass is 216 g/mol. The van der Waals surface area contributed by atoms with Gasteiger partial charge >= 0.3 is 0 Å². The zero-order valence-electron chi connectivity index (χ0n) is 10.1. The normalized spacial score (nSPS) is 22.1. The third kappa shape index (κ3) is 1.45. The molecular formula is C15H20O. The fraction of sp³-hybridized carbons (Fsp3) is 0.600. The van der Waals surface area contributed by atoms with Crippen molar-refractivity contribution in [2.45, 2.75) is 50.4 Å². The number of aryl methyl sites for hydroxylation is 1. The number of hydrogen-bond donors (Lipinski definition) is 0. The van der Waals surface area contributed by atoms with Crippen LogP contribution in [0.4, 0.5) is 0 Å². The third-order valence-corrected chi connectivity index (χ3v) is 4.55. The molecule has 0 unspecified atom stereocenters. The van der Waals surface area contributed by atoms with Crippen LogP contribution in [-0.2, 0) is 11.8 Å². The lowest BCUT2D eigenvalue weighted by atomic mass is 9.69. The molecule has 1 aromatic rings. The fourth-order valence-electron chi connectivity index (χ4n) is 3.74. The Morgan fingerprint density at radius 3 is 2.56 bits per heavy atom. The molecule has 0 amide bonds. The first-order valence-corrected chi connectivity index (χ1v) is 6.51. The van der Waals surface area contributed by atoms with Crippen molar-refractivity contribution in [1.82, 2.24) is 0 Å². The van der Waals surface area contributed by atoms with E-state index in [0.29, 0.717) is 5.41 Å². The molecule has 0 bridgehead atoms. The molecule has 1 nitrogen and oxygen atoms in total. The zero-order valence-corrected chi connectivity index (χ0v) is 10.1. The fourth-order valence-corrected chi connectivity index (χ4v) is 3.74. The summed E-state index contributed by atoms with van der Waals surface area (Å²) >= 11 is 0. The molecule has 0 atom stereocenters. The molecule has 1 aromatic carbocycles. The minimum absolute atomic E-state index is 0.542. The van der Waals surface area contributed by atoms with E-state index < -0.39 is 0 Å². The van der Waals surface area contributed by atoms with E-state index in [0.717, 1.165) is 5.75 Å². The van der Waals surface area contributed by atoms with Crippen LogP contribution in [0.25, 0.3) is 0 Å². The molecule has 0 heterocycles. The number of methoxy groups -OCH3 is 1. The maximum absolute atomic E-state index is 5.33. The predicted octanol–water partition coefficient (Wildman–Crippen LogP) is 3.84. The third-order valence-electron chi connectivity index (χ3n) is 4.55. The van der Waals surface area contributed by atoms with E-state index in [1.165, 1.54) is 44.9 Å². The van der Waals surface area contributed by atoms with Crippen molar-refractivity contribution in [3.8, 4) is 5.75 Å². The SMILES string of the molecule is COc1ccc2c(c1)CCCC21CCCC1. The van der Waals surface area contributed by atoms with Crippen LogP contribution in [-0.4, -0.2) is 7.11 Å². The Balaban J connectivity index is 2.05. The molecule has 1 spiro atoms. The minimum Gasteiger partial charge on any atom is -0.497 e. The van der Waals surface area contributed by atoms with Gasteiger partial charge in [0.25, 0.3) is 0 Å². The molecule has 3 rings (SSSR count). The van der Waals surface area contributed by atoms with Crippen LogP contribution in [0.3, 0.4) is 0 Å². The van der Waals surface area contributed by atoms with Gasteiger partial charge in [0, 0.05) is 0 Å². The van der Waals surface area contributed by atoms with Gasteiger partial charge < -0.3 is 4.74 Å². The van der Waals surface area contributed by atoms with Gasteiger partial charge in [-0.05, 0) is 60.8 Å². The van der Waals surface area contributed by atoms with E-state index in [9.17, 15) is 0 Å². The topological polar surface area (TPSA) is 9.23 Å². The minimum atomic E-state index is 0.542. The zero-order chi connectivity index (χ0) is 11.0. The van der Waals surface area contributed by atoms with Gasteiger partial charge in [-0.3, -0.25) is 0 Å². The number of rotatable bonds is 1. The van der Waals surface area contributed by atoms with E-state index in [2.05, 4.69) is 18.2 Å². The Hall–Kier alpha value is -0.980. The van der Waals surface area contributed by atoms with E-state index in [-0.39, 0.29) is 0 Å². The second-order valence-corrected chi connectivity index (χ2v) is 5.36. The quantitative estimate of drug-likeness (QED) is 0.693. The lowest BCUT2D eigenvalue weighted by Gasteiger charge is -2.36. The molecule has 1 saturated carbocycles. The standard InChI is InChI=1S/C15H20O/c1-16-13-6-7-14-12(11-13)5-4-10-15(14)8-2-3-9-15/h6-7,11H,2-5,8-10H2,1H3. The number of hydrogen-bond acceptors (Lipinski definition) is 1. The van der Waals surface area contributed by atoms with E-state index in [4.69, 9.17) is 4.74 Å². The molecule has 0 aromatic heterocycles. The summed E-state index contributed by atoms with van der Waals surface area (Å²) in [6, 6.07) is 6.73. The van der Waals surface area contributed by atoms with Crippen molar-refractivity contribution in [3.63, 3.8) is 0 Å². The summed E-state index contributed by atoms with van der Waals surface area (Å²) in [6.45, 7) is 0. The van der Waals surface area contributed by atoms with Crippen LogP contribution in [0.5, 0.6) is 5.75 Å². The van der Waals surface area contributed by atoms with Gasteiger partial charge in [0.2, 0.25) is 0 Å². The highest BCUT2D eigenvalue weighted by Gasteiger charge is 2.38. The van der Waals surface area contributed by atoms with Crippen molar-refractivity contribution in [1.29, 1.82) is 0 Å². The van der Waals surface area contributed by atoms with Crippen LogP contribution in [0.15, 0.2) is 18.2 Å². The first-order valence-electron chi connectivity index (χ1n) is 6.51. The molecule has 1 heteroatoms. The highest BCUT2D eigenvalue weighted by molar-refractivity contribution is 5.42. The summed E-state index contributed by atoms with van der Waals surface area (Å²) in [4.78, 5) is 0. The van der Waals surface area contributed by atoms with Crippen LogP contribution >= 0.6 is 0 Å². The van der Waals surface area contributed by atoms with Crippen molar-refractivity contribution in [3.05, 3.63) is 29.3 Å². The van der Waals surface area contributed by atoms with Crippen molar-refractivity contribution >= 4 is 0 Å². The van der Waals surface area contributed by atoms with Gasteiger partial charge in [-0.2, -0.15) is 0 Å². The maximum atomic E-state index is 5.33. The van der Waals surface area contributed by atoms with Gasteiger partial charge in [-0.1, -0.05) is 18.9 Å². The van der Waals surface area contributed by atoms with Gasteiger partial charge in [0.15, 0.2) is 0 Å². The molecule has 0 aliphatic heterocycles. The Labute approximate surface area is 97.8 Å². The van der Waals surface area contributed by atoms with Crippen LogP contribution in [0.1, 0.15) is 49.7 Å². The summed E-state index contributed by atoms with van der Waals surface area (Å²) in [6.07, 6.45) is 9.68. The summed E-state index contributed by atoms with van der Waals surface area (Å²) in [5.41, 5.74) is 3.73. The molecule has 16 heavy (non-hydrogen) atoms. The van der Waals surface area contributed by atoms with Crippen molar-refractivity contribution < 1.29 is 4.74 Å². The van der Waals surface area contributed by atoms with E-state index >= 15 is 0 Å². The Bertz CT molecular complexity index is 388. The summed E-state index contributed by atoms with van der Waals surface area (Å²) < 4.78 is 5.33. The van der Waals surface area contributed by atoms with E-state index in [1.807, 2.05) is 0 Å². The Kier molecular flexibility index (Phi) is 2.42.